The van der Waals surface area contributed by atoms with Gasteiger partial charge in [0.05, 0.1) is 0 Å². The van der Waals surface area contributed by atoms with Crippen molar-refractivity contribution in [3.63, 3.8) is 0 Å². The van der Waals surface area contributed by atoms with Crippen LogP contribution in [0, 0.1) is 0 Å². The van der Waals surface area contributed by atoms with Gasteiger partial charge >= 0.3 is 0 Å². The molecule has 0 fully saturated rings. The van der Waals surface area contributed by atoms with Gasteiger partial charge in [-0.25, -0.2) is 0 Å². The van der Waals surface area contributed by atoms with Crippen LogP contribution < -0.4 is 11.1 Å². The van der Waals surface area contributed by atoms with Crippen LogP contribution in [-0.4, -0.2) is 6.04 Å². The Morgan fingerprint density at radius 1 is 1.21 bits per heavy atom. The van der Waals surface area contributed by atoms with Crippen molar-refractivity contribution in [2.24, 2.45) is 5.73 Å². The van der Waals surface area contributed by atoms with Gasteiger partial charge in [0, 0.05) is 23.0 Å². The molecule has 1 atom stereocenters. The maximum Gasteiger partial charge on any atom is 0.0436 e. The fraction of sp³-hybridized carbons (Fsp3) is 0.294. The van der Waals surface area contributed by atoms with E-state index in [1.165, 1.54) is 0 Å². The first-order valence-electron chi connectivity index (χ1n) is 6.60. The number of nitrogens with one attached hydrogen (secondary N) is 1. The molecule has 0 aromatic carbocycles. The van der Waals surface area contributed by atoms with E-state index in [-0.39, 0.29) is 0 Å². The molecule has 2 nitrogen and oxygen atoms in total. The summed E-state index contributed by atoms with van der Waals surface area (Å²) in [6.07, 6.45) is 13.3. The van der Waals surface area contributed by atoms with Crippen LogP contribution in [0.1, 0.15) is 26.7 Å². The van der Waals surface area contributed by atoms with Crippen molar-refractivity contribution >= 4 is 0 Å². The maximum atomic E-state index is 5.86. The number of hydrogen-bond donors (Lipinski definition) is 2. The second kappa shape index (κ2) is 10.0. The Bertz CT molecular complexity index is 397. The monoisotopic (exact) mass is 258 g/mol. The lowest BCUT2D eigenvalue weighted by Crippen LogP contribution is -2.27. The minimum Gasteiger partial charge on any atom is -0.399 e. The maximum absolute atomic E-state index is 5.86. The highest BCUT2D eigenvalue weighted by Crippen LogP contribution is 2.15. The largest absolute Gasteiger partial charge is 0.399 e. The Balaban J connectivity index is 5.19. The summed E-state index contributed by atoms with van der Waals surface area (Å²) < 4.78 is 0. The Morgan fingerprint density at radius 3 is 2.37 bits per heavy atom. The van der Waals surface area contributed by atoms with Crippen LogP contribution in [0.15, 0.2) is 73.2 Å². The number of hydrogen-bond acceptors (Lipinski definition) is 2. The summed E-state index contributed by atoms with van der Waals surface area (Å²) in [4.78, 5) is 0. The molecule has 0 aliphatic carbocycles. The van der Waals surface area contributed by atoms with E-state index < -0.39 is 0 Å². The van der Waals surface area contributed by atoms with Crippen LogP contribution in [0.3, 0.4) is 0 Å². The third-order valence-electron chi connectivity index (χ3n) is 2.55. The topological polar surface area (TPSA) is 38.0 Å². The highest BCUT2D eigenvalue weighted by molar-refractivity contribution is 5.46. The van der Waals surface area contributed by atoms with Gasteiger partial charge in [0.1, 0.15) is 0 Å². The molecule has 0 spiro atoms. The molecule has 0 aliphatic rings. The van der Waals surface area contributed by atoms with Crippen molar-refractivity contribution in [3.8, 4) is 0 Å². The molecule has 0 bridgehead atoms. The molecular formula is C17H26N2. The Kier molecular flexibility index (Phi) is 8.98. The van der Waals surface area contributed by atoms with Crippen molar-refractivity contribution in [1.82, 2.24) is 5.32 Å². The normalized spacial score (nSPS) is 14.2. The predicted molar refractivity (Wildman–Crippen MR) is 86.5 cm³/mol. The number of allylic oxidation sites excluding steroid dienone is 6. The zero-order chi connectivity index (χ0) is 14.7. The molecular weight excluding hydrogens is 232 g/mol. The lowest BCUT2D eigenvalue weighted by Gasteiger charge is -2.19. The molecule has 19 heavy (non-hydrogen) atoms. The van der Waals surface area contributed by atoms with E-state index in [0.717, 1.165) is 24.1 Å². The molecule has 104 valence electrons. The molecule has 0 saturated carbocycles. The fourth-order valence-corrected chi connectivity index (χ4v) is 1.70. The second-order valence-corrected chi connectivity index (χ2v) is 4.38. The van der Waals surface area contributed by atoms with Crippen molar-refractivity contribution < 1.29 is 0 Å². The van der Waals surface area contributed by atoms with Gasteiger partial charge in [-0.05, 0) is 19.4 Å². The molecule has 0 aliphatic heterocycles. The molecule has 0 saturated heterocycles. The van der Waals surface area contributed by atoms with E-state index in [0.29, 0.717) is 11.7 Å². The Labute approximate surface area is 117 Å². The van der Waals surface area contributed by atoms with E-state index >= 15 is 0 Å². The Morgan fingerprint density at radius 2 is 1.89 bits per heavy atom. The molecule has 0 radical (unpaired) electrons. The third kappa shape index (κ3) is 7.14. The summed E-state index contributed by atoms with van der Waals surface area (Å²) in [5.41, 5.74) is 8.21. The minimum absolute atomic E-state index is 0.377. The molecule has 0 rings (SSSR count). The van der Waals surface area contributed by atoms with Gasteiger partial charge in [0.15, 0.2) is 0 Å². The standard InChI is InChI=1S/C17H26N2/c1-6-9-10-13-16(15(5)18)17(12-8-3)19-14(4)11-7-2/h6,8-10,12-14,19H,1,3,5,7,11,18H2,2,4H3/b10-9-,16-13+,17-12+. The zero-order valence-electron chi connectivity index (χ0n) is 12.2. The van der Waals surface area contributed by atoms with E-state index in [1.54, 1.807) is 12.2 Å². The van der Waals surface area contributed by atoms with Crippen LogP contribution >= 0.6 is 0 Å². The van der Waals surface area contributed by atoms with Crippen LogP contribution in [0.5, 0.6) is 0 Å². The SMILES string of the molecule is C=C\C=C/C=C(C(=C)N)/C(=C\C=C)NC(C)CCC. The lowest BCUT2D eigenvalue weighted by atomic mass is 10.1. The quantitative estimate of drug-likeness (QED) is 0.614. The van der Waals surface area contributed by atoms with Gasteiger partial charge < -0.3 is 11.1 Å². The highest BCUT2D eigenvalue weighted by atomic mass is 14.9. The van der Waals surface area contributed by atoms with Crippen LogP contribution in [0.4, 0.5) is 0 Å². The first-order chi connectivity index (χ1) is 9.06. The van der Waals surface area contributed by atoms with E-state index in [1.807, 2.05) is 24.3 Å². The zero-order valence-corrected chi connectivity index (χ0v) is 12.2. The smallest absolute Gasteiger partial charge is 0.0436 e. The molecule has 0 aromatic heterocycles. The summed E-state index contributed by atoms with van der Waals surface area (Å²) in [5.74, 6) is 0. The van der Waals surface area contributed by atoms with Gasteiger partial charge in [0.2, 0.25) is 0 Å². The predicted octanol–water partition coefficient (Wildman–Crippen LogP) is 3.98. The third-order valence-corrected chi connectivity index (χ3v) is 2.55. The van der Waals surface area contributed by atoms with Crippen LogP contribution in [0.25, 0.3) is 0 Å². The summed E-state index contributed by atoms with van der Waals surface area (Å²) in [6, 6.07) is 0.377. The summed E-state index contributed by atoms with van der Waals surface area (Å²) in [5, 5.41) is 3.45. The molecule has 3 N–H and O–H groups in total. The van der Waals surface area contributed by atoms with E-state index in [4.69, 9.17) is 5.73 Å². The Hall–Kier alpha value is -1.96. The van der Waals surface area contributed by atoms with Gasteiger partial charge in [-0.2, -0.15) is 0 Å². The van der Waals surface area contributed by atoms with E-state index in [2.05, 4.69) is 38.9 Å². The van der Waals surface area contributed by atoms with Gasteiger partial charge in [-0.1, -0.05) is 63.5 Å². The van der Waals surface area contributed by atoms with Gasteiger partial charge in [0.25, 0.3) is 0 Å². The van der Waals surface area contributed by atoms with Crippen molar-refractivity contribution in [1.29, 1.82) is 0 Å². The molecule has 2 heteroatoms. The molecule has 1 unspecified atom stereocenters. The molecule has 0 heterocycles. The summed E-state index contributed by atoms with van der Waals surface area (Å²) >= 11 is 0. The average molecular weight is 258 g/mol. The molecule has 0 amide bonds. The number of nitrogens with two attached hydrogens (primary N) is 1. The van der Waals surface area contributed by atoms with Gasteiger partial charge in [-0.3, -0.25) is 0 Å². The minimum atomic E-state index is 0.377. The number of rotatable bonds is 9. The second-order valence-electron chi connectivity index (χ2n) is 4.38. The summed E-state index contributed by atoms with van der Waals surface area (Å²) in [7, 11) is 0. The van der Waals surface area contributed by atoms with Crippen molar-refractivity contribution in [3.05, 3.63) is 73.2 Å². The average Bonchev–Trinajstić information content (AvgIpc) is 2.34. The lowest BCUT2D eigenvalue weighted by molar-refractivity contribution is 0.563. The van der Waals surface area contributed by atoms with Crippen molar-refractivity contribution in [2.45, 2.75) is 32.7 Å². The molecule has 0 aromatic rings. The first-order valence-corrected chi connectivity index (χ1v) is 6.60. The fourth-order valence-electron chi connectivity index (χ4n) is 1.70. The van der Waals surface area contributed by atoms with E-state index in [9.17, 15) is 0 Å². The first kappa shape index (κ1) is 17.0. The summed E-state index contributed by atoms with van der Waals surface area (Å²) in [6.45, 7) is 15.5. The van der Waals surface area contributed by atoms with Crippen LogP contribution in [0.2, 0.25) is 0 Å². The highest BCUT2D eigenvalue weighted by Gasteiger charge is 2.08. The van der Waals surface area contributed by atoms with Crippen LogP contribution in [-0.2, 0) is 0 Å². The van der Waals surface area contributed by atoms with Gasteiger partial charge in [-0.15, -0.1) is 0 Å². The van der Waals surface area contributed by atoms with Crippen molar-refractivity contribution in [2.75, 3.05) is 0 Å².